The van der Waals surface area contributed by atoms with Crippen LogP contribution in [0.4, 0.5) is 5.00 Å². The fourth-order valence-electron chi connectivity index (χ4n) is 2.27. The molecule has 2 aromatic heterocycles. The second-order valence-electron chi connectivity index (χ2n) is 5.43. The molecule has 1 aromatic carbocycles. The molecule has 8 nitrogen and oxygen atoms in total. The summed E-state index contributed by atoms with van der Waals surface area (Å²) in [5.74, 6) is -0.564. The van der Waals surface area contributed by atoms with Gasteiger partial charge in [0.15, 0.2) is 5.69 Å². The minimum absolute atomic E-state index is 0.0149. The largest absolute Gasteiger partial charge is 0.324 e. The minimum Gasteiger partial charge on any atom is -0.265 e. The lowest BCUT2D eigenvalue weighted by Gasteiger charge is -2.09. The summed E-state index contributed by atoms with van der Waals surface area (Å²) in [6.45, 7) is 1.74. The summed E-state index contributed by atoms with van der Waals surface area (Å²) < 4.78 is 1.43. The predicted octanol–water partition coefficient (Wildman–Crippen LogP) is 4.87. The summed E-state index contributed by atoms with van der Waals surface area (Å²) in [6.07, 6.45) is 1.31. The summed E-state index contributed by atoms with van der Waals surface area (Å²) in [6, 6.07) is 7.48. The third-order valence-electron chi connectivity index (χ3n) is 3.46. The third-order valence-corrected chi connectivity index (χ3v) is 5.23. The first kappa shape index (κ1) is 20.3. The quantitative estimate of drug-likeness (QED) is 0.334. The maximum absolute atomic E-state index is 12.3. The maximum Gasteiger partial charge on any atom is 0.324 e. The number of amides is 1. The first-order valence-corrected chi connectivity index (χ1v) is 9.50. The predicted molar refractivity (Wildman–Crippen MR) is 109 cm³/mol. The number of aryl methyl sites for hydroxylation is 1. The van der Waals surface area contributed by atoms with Crippen molar-refractivity contribution in [2.45, 2.75) is 6.92 Å². The Balaban J connectivity index is 1.78. The Morgan fingerprint density at radius 2 is 1.96 bits per heavy atom. The Hall–Kier alpha value is -2.46. The number of rotatable bonds is 5. The number of carbonyl (C=O) groups is 1. The van der Waals surface area contributed by atoms with Gasteiger partial charge < -0.3 is 0 Å². The van der Waals surface area contributed by atoms with Crippen LogP contribution in [0.5, 0.6) is 0 Å². The van der Waals surface area contributed by atoms with Crippen LogP contribution in [0.25, 0.3) is 5.69 Å². The number of hydrogen-bond donors (Lipinski definition) is 1. The molecule has 0 radical (unpaired) electrons. The fraction of sp³-hybridized carbons (Fsp3) is 0.0625. The Morgan fingerprint density at radius 1 is 1.29 bits per heavy atom. The molecule has 0 bridgehead atoms. The van der Waals surface area contributed by atoms with Crippen molar-refractivity contribution in [1.82, 2.24) is 15.2 Å². The molecule has 0 aliphatic heterocycles. The molecule has 28 heavy (non-hydrogen) atoms. The van der Waals surface area contributed by atoms with E-state index >= 15 is 0 Å². The van der Waals surface area contributed by atoms with Crippen molar-refractivity contribution in [1.29, 1.82) is 0 Å². The highest BCUT2D eigenvalue weighted by Gasteiger charge is 2.17. The standard InChI is InChI=1S/C16H10Cl3N5O3S/c1-8-4-13(22-23(8)15-11(18)5-9(17)6-12(15)19)16(25)21-20-7-10-2-3-14(28-10)24(26)27/h2-7H,1H3,(H,21,25)/b20-7-. The third kappa shape index (κ3) is 4.33. The van der Waals surface area contributed by atoms with Crippen LogP contribution in [-0.2, 0) is 0 Å². The maximum atomic E-state index is 12.3. The summed E-state index contributed by atoms with van der Waals surface area (Å²) in [5.41, 5.74) is 3.43. The normalized spacial score (nSPS) is 11.1. The van der Waals surface area contributed by atoms with Crippen molar-refractivity contribution >= 4 is 63.3 Å². The number of hydrogen-bond acceptors (Lipinski definition) is 6. The molecule has 0 aliphatic rings. The molecule has 1 N–H and O–H groups in total. The van der Waals surface area contributed by atoms with Gasteiger partial charge >= 0.3 is 5.00 Å². The number of nitrogens with one attached hydrogen (secondary N) is 1. The molecule has 0 unspecified atom stereocenters. The van der Waals surface area contributed by atoms with E-state index in [1.54, 1.807) is 13.0 Å². The van der Waals surface area contributed by atoms with E-state index in [-0.39, 0.29) is 20.7 Å². The molecule has 0 saturated heterocycles. The highest BCUT2D eigenvalue weighted by molar-refractivity contribution is 7.16. The van der Waals surface area contributed by atoms with Crippen molar-refractivity contribution < 1.29 is 9.72 Å². The molecule has 144 valence electrons. The molecule has 0 fully saturated rings. The smallest absolute Gasteiger partial charge is 0.265 e. The van der Waals surface area contributed by atoms with Crippen LogP contribution in [0.3, 0.4) is 0 Å². The molecule has 0 spiro atoms. The molecule has 0 atom stereocenters. The number of thiophene rings is 1. The van der Waals surface area contributed by atoms with Crippen molar-refractivity contribution in [3.05, 3.63) is 71.8 Å². The number of benzene rings is 1. The Bertz CT molecular complexity index is 1090. The Labute approximate surface area is 177 Å². The summed E-state index contributed by atoms with van der Waals surface area (Å²) in [5, 5.41) is 19.6. The van der Waals surface area contributed by atoms with Gasteiger partial charge in [0, 0.05) is 16.8 Å². The highest BCUT2D eigenvalue weighted by atomic mass is 35.5. The van der Waals surface area contributed by atoms with Gasteiger partial charge in [-0.3, -0.25) is 14.9 Å². The SMILES string of the molecule is Cc1cc(C(=O)N/N=C\c2ccc([N+](=O)[O-])s2)nn1-c1c(Cl)cc(Cl)cc1Cl. The van der Waals surface area contributed by atoms with Gasteiger partial charge in [0.25, 0.3) is 5.91 Å². The average molecular weight is 459 g/mol. The lowest BCUT2D eigenvalue weighted by molar-refractivity contribution is -0.380. The van der Waals surface area contributed by atoms with E-state index in [1.165, 1.54) is 35.2 Å². The van der Waals surface area contributed by atoms with E-state index in [0.717, 1.165) is 11.3 Å². The molecular weight excluding hydrogens is 449 g/mol. The zero-order valence-corrected chi connectivity index (χ0v) is 17.1. The first-order valence-electron chi connectivity index (χ1n) is 7.55. The van der Waals surface area contributed by atoms with E-state index in [2.05, 4.69) is 15.6 Å². The van der Waals surface area contributed by atoms with Crippen LogP contribution in [0.2, 0.25) is 15.1 Å². The van der Waals surface area contributed by atoms with Crippen LogP contribution in [0.1, 0.15) is 21.1 Å². The number of hydrazone groups is 1. The molecule has 2 heterocycles. The zero-order chi connectivity index (χ0) is 20.4. The second kappa shape index (κ2) is 8.27. The lowest BCUT2D eigenvalue weighted by atomic mass is 10.3. The molecular formula is C16H10Cl3N5O3S. The van der Waals surface area contributed by atoms with Gasteiger partial charge in [-0.2, -0.15) is 10.2 Å². The van der Waals surface area contributed by atoms with E-state index in [0.29, 0.717) is 21.3 Å². The van der Waals surface area contributed by atoms with Crippen LogP contribution < -0.4 is 5.43 Å². The number of nitrogens with zero attached hydrogens (tertiary/aromatic N) is 4. The second-order valence-corrected chi connectivity index (χ2v) is 7.78. The topological polar surface area (TPSA) is 102 Å². The van der Waals surface area contributed by atoms with Crippen LogP contribution in [0, 0.1) is 17.0 Å². The summed E-state index contributed by atoms with van der Waals surface area (Å²) in [7, 11) is 0. The average Bonchev–Trinajstić information content (AvgIpc) is 3.21. The monoisotopic (exact) mass is 457 g/mol. The zero-order valence-electron chi connectivity index (χ0n) is 14.0. The van der Waals surface area contributed by atoms with Gasteiger partial charge in [-0.15, -0.1) is 0 Å². The molecule has 1 amide bonds. The van der Waals surface area contributed by atoms with Crippen LogP contribution in [0.15, 0.2) is 35.4 Å². The van der Waals surface area contributed by atoms with E-state index in [9.17, 15) is 14.9 Å². The van der Waals surface area contributed by atoms with Crippen molar-refractivity contribution in [2.75, 3.05) is 0 Å². The summed E-state index contributed by atoms with van der Waals surface area (Å²) in [4.78, 5) is 23.0. The lowest BCUT2D eigenvalue weighted by Crippen LogP contribution is -2.18. The number of halogens is 3. The molecule has 3 rings (SSSR count). The van der Waals surface area contributed by atoms with Crippen molar-refractivity contribution in [3.8, 4) is 5.69 Å². The van der Waals surface area contributed by atoms with Crippen molar-refractivity contribution in [2.24, 2.45) is 5.10 Å². The number of aromatic nitrogens is 2. The van der Waals surface area contributed by atoms with Crippen LogP contribution in [-0.4, -0.2) is 26.8 Å². The fourth-order valence-corrected chi connectivity index (χ4v) is 3.94. The van der Waals surface area contributed by atoms with Crippen LogP contribution >= 0.6 is 46.1 Å². The minimum atomic E-state index is -0.564. The molecule has 0 aliphatic carbocycles. The van der Waals surface area contributed by atoms with Gasteiger partial charge in [0.2, 0.25) is 0 Å². The van der Waals surface area contributed by atoms with E-state index in [4.69, 9.17) is 34.8 Å². The van der Waals surface area contributed by atoms with E-state index in [1.807, 2.05) is 0 Å². The Morgan fingerprint density at radius 3 is 2.57 bits per heavy atom. The molecule has 3 aromatic rings. The van der Waals surface area contributed by atoms with Gasteiger partial charge in [-0.1, -0.05) is 46.1 Å². The first-order chi connectivity index (χ1) is 13.3. The van der Waals surface area contributed by atoms with Gasteiger partial charge in [0.1, 0.15) is 5.69 Å². The van der Waals surface area contributed by atoms with Gasteiger partial charge in [-0.25, -0.2) is 10.1 Å². The van der Waals surface area contributed by atoms with Gasteiger partial charge in [-0.05, 0) is 31.2 Å². The molecule has 12 heteroatoms. The molecule has 0 saturated carbocycles. The number of nitro groups is 1. The van der Waals surface area contributed by atoms with Gasteiger partial charge in [0.05, 0.1) is 26.1 Å². The van der Waals surface area contributed by atoms with Crippen molar-refractivity contribution in [3.63, 3.8) is 0 Å². The van der Waals surface area contributed by atoms with E-state index < -0.39 is 10.8 Å². The Kier molecular flexibility index (Phi) is 5.99. The number of carbonyl (C=O) groups excluding carboxylic acids is 1. The summed E-state index contributed by atoms with van der Waals surface area (Å²) >= 11 is 19.3. The highest BCUT2D eigenvalue weighted by Crippen LogP contribution is 2.32.